The van der Waals surface area contributed by atoms with E-state index in [0.29, 0.717) is 6.61 Å². The zero-order chi connectivity index (χ0) is 10.1. The van der Waals surface area contributed by atoms with Crippen molar-refractivity contribution in [3.05, 3.63) is 0 Å². The summed E-state index contributed by atoms with van der Waals surface area (Å²) < 4.78 is 9.33. The SMILES string of the molecule is CCCCOC(=O)COC(=O)CC. The summed E-state index contributed by atoms with van der Waals surface area (Å²) in [6.45, 7) is 3.81. The first kappa shape index (κ1) is 11.9. The van der Waals surface area contributed by atoms with Crippen LogP contribution in [0.5, 0.6) is 0 Å². The molecule has 0 aliphatic rings. The summed E-state index contributed by atoms with van der Waals surface area (Å²) in [5.74, 6) is -0.859. The Morgan fingerprint density at radius 3 is 2.31 bits per heavy atom. The van der Waals surface area contributed by atoms with E-state index in [4.69, 9.17) is 4.74 Å². The monoisotopic (exact) mass is 188 g/mol. The number of carbonyl (C=O) groups is 2. The maximum absolute atomic E-state index is 10.8. The lowest BCUT2D eigenvalue weighted by atomic mass is 10.4. The number of carbonyl (C=O) groups excluding carboxylic acids is 2. The van der Waals surface area contributed by atoms with E-state index >= 15 is 0 Å². The first-order valence-corrected chi connectivity index (χ1v) is 4.52. The molecule has 0 unspecified atom stereocenters. The van der Waals surface area contributed by atoms with Crippen LogP contribution < -0.4 is 0 Å². The molecule has 0 aromatic rings. The summed E-state index contributed by atoms with van der Waals surface area (Å²) in [6, 6.07) is 0. The minimum Gasteiger partial charge on any atom is -0.463 e. The summed E-state index contributed by atoms with van der Waals surface area (Å²) >= 11 is 0. The van der Waals surface area contributed by atoms with Gasteiger partial charge in [0.05, 0.1) is 6.61 Å². The van der Waals surface area contributed by atoms with Crippen molar-refractivity contribution >= 4 is 11.9 Å². The van der Waals surface area contributed by atoms with Gasteiger partial charge < -0.3 is 9.47 Å². The largest absolute Gasteiger partial charge is 0.463 e. The molecule has 0 amide bonds. The molecule has 4 nitrogen and oxygen atoms in total. The zero-order valence-corrected chi connectivity index (χ0v) is 8.17. The Morgan fingerprint density at radius 1 is 1.08 bits per heavy atom. The first-order chi connectivity index (χ1) is 6.20. The molecule has 0 radical (unpaired) electrons. The van der Waals surface area contributed by atoms with E-state index in [9.17, 15) is 9.59 Å². The Kier molecular flexibility index (Phi) is 6.96. The summed E-state index contributed by atoms with van der Waals surface area (Å²) in [4.78, 5) is 21.5. The molecule has 0 atom stereocenters. The Hall–Kier alpha value is -1.06. The summed E-state index contributed by atoms with van der Waals surface area (Å²) in [5, 5.41) is 0. The number of hydrogen-bond acceptors (Lipinski definition) is 4. The van der Waals surface area contributed by atoms with Gasteiger partial charge in [-0.2, -0.15) is 0 Å². The third kappa shape index (κ3) is 7.31. The molecule has 0 aliphatic carbocycles. The van der Waals surface area contributed by atoms with Crippen molar-refractivity contribution in [3.63, 3.8) is 0 Å². The normalized spacial score (nSPS) is 9.38. The van der Waals surface area contributed by atoms with Crippen LogP contribution in [0, 0.1) is 0 Å². The van der Waals surface area contributed by atoms with Crippen LogP contribution in [0.15, 0.2) is 0 Å². The van der Waals surface area contributed by atoms with Crippen LogP contribution in [0.2, 0.25) is 0 Å². The number of ether oxygens (including phenoxy) is 2. The fourth-order valence-electron chi connectivity index (χ4n) is 0.613. The molecule has 0 saturated carbocycles. The predicted octanol–water partition coefficient (Wildman–Crippen LogP) is 1.28. The van der Waals surface area contributed by atoms with E-state index in [1.165, 1.54) is 0 Å². The van der Waals surface area contributed by atoms with Gasteiger partial charge in [-0.1, -0.05) is 20.3 Å². The molecular formula is C9H16O4. The van der Waals surface area contributed by atoms with Crippen LogP contribution >= 0.6 is 0 Å². The molecule has 0 aliphatic heterocycles. The first-order valence-electron chi connectivity index (χ1n) is 4.52. The molecular weight excluding hydrogens is 172 g/mol. The molecule has 4 heteroatoms. The molecule has 0 spiro atoms. The van der Waals surface area contributed by atoms with Crippen LogP contribution in [-0.2, 0) is 19.1 Å². The van der Waals surface area contributed by atoms with E-state index < -0.39 is 5.97 Å². The van der Waals surface area contributed by atoms with Gasteiger partial charge in [0.1, 0.15) is 0 Å². The molecule has 76 valence electrons. The second-order valence-electron chi connectivity index (χ2n) is 2.59. The van der Waals surface area contributed by atoms with Crippen LogP contribution in [0.1, 0.15) is 33.1 Å². The van der Waals surface area contributed by atoms with Gasteiger partial charge in [0.2, 0.25) is 0 Å². The lowest BCUT2D eigenvalue weighted by Gasteiger charge is -2.03. The predicted molar refractivity (Wildman–Crippen MR) is 47.1 cm³/mol. The fraction of sp³-hybridized carbons (Fsp3) is 0.778. The Bertz CT molecular complexity index is 165. The highest BCUT2D eigenvalue weighted by Crippen LogP contribution is 1.90. The lowest BCUT2D eigenvalue weighted by Crippen LogP contribution is -2.16. The lowest BCUT2D eigenvalue weighted by molar-refractivity contribution is -0.158. The van der Waals surface area contributed by atoms with Gasteiger partial charge >= 0.3 is 11.9 Å². The zero-order valence-electron chi connectivity index (χ0n) is 8.17. The van der Waals surface area contributed by atoms with Gasteiger partial charge in [-0.05, 0) is 6.42 Å². The summed E-state index contributed by atoms with van der Waals surface area (Å²) in [6.07, 6.45) is 2.09. The van der Waals surface area contributed by atoms with Crippen molar-refractivity contribution in [3.8, 4) is 0 Å². The van der Waals surface area contributed by atoms with E-state index in [2.05, 4.69) is 4.74 Å². The van der Waals surface area contributed by atoms with Crippen molar-refractivity contribution in [1.29, 1.82) is 0 Å². The van der Waals surface area contributed by atoms with Crippen LogP contribution in [0.25, 0.3) is 0 Å². The van der Waals surface area contributed by atoms with Crippen molar-refractivity contribution in [2.45, 2.75) is 33.1 Å². The average molecular weight is 188 g/mol. The minimum absolute atomic E-state index is 0.267. The smallest absolute Gasteiger partial charge is 0.344 e. The Balaban J connectivity index is 3.35. The number of rotatable bonds is 6. The Labute approximate surface area is 78.2 Å². The van der Waals surface area contributed by atoms with Crippen molar-refractivity contribution < 1.29 is 19.1 Å². The highest BCUT2D eigenvalue weighted by Gasteiger charge is 2.05. The standard InChI is InChI=1S/C9H16O4/c1-3-5-6-12-9(11)7-13-8(10)4-2/h3-7H2,1-2H3. The molecule has 0 saturated heterocycles. The highest BCUT2D eigenvalue weighted by atomic mass is 16.6. The maximum atomic E-state index is 10.8. The third-order valence-corrected chi connectivity index (χ3v) is 1.40. The summed E-state index contributed by atoms with van der Waals surface area (Å²) in [5.41, 5.74) is 0. The van der Waals surface area contributed by atoms with E-state index in [1.807, 2.05) is 6.92 Å². The number of hydrogen-bond donors (Lipinski definition) is 0. The quantitative estimate of drug-likeness (QED) is 0.465. The minimum atomic E-state index is -0.477. The molecule has 0 heterocycles. The Morgan fingerprint density at radius 2 is 1.77 bits per heavy atom. The molecule has 13 heavy (non-hydrogen) atoms. The molecule has 0 aromatic heterocycles. The van der Waals surface area contributed by atoms with Gasteiger partial charge in [0.25, 0.3) is 0 Å². The topological polar surface area (TPSA) is 52.6 Å². The van der Waals surface area contributed by atoms with Crippen molar-refractivity contribution in [2.24, 2.45) is 0 Å². The van der Waals surface area contributed by atoms with E-state index in [1.54, 1.807) is 6.92 Å². The second-order valence-corrected chi connectivity index (χ2v) is 2.59. The molecule has 0 aromatic carbocycles. The second kappa shape index (κ2) is 7.58. The molecule has 0 rings (SSSR count). The van der Waals surface area contributed by atoms with Crippen LogP contribution in [0.3, 0.4) is 0 Å². The average Bonchev–Trinajstić information content (AvgIpc) is 2.14. The van der Waals surface area contributed by atoms with Gasteiger partial charge in [0, 0.05) is 6.42 Å². The van der Waals surface area contributed by atoms with Gasteiger partial charge in [0.15, 0.2) is 6.61 Å². The molecule has 0 fully saturated rings. The third-order valence-electron chi connectivity index (χ3n) is 1.40. The van der Waals surface area contributed by atoms with Crippen LogP contribution in [-0.4, -0.2) is 25.2 Å². The van der Waals surface area contributed by atoms with Gasteiger partial charge in [-0.3, -0.25) is 4.79 Å². The number of esters is 2. The van der Waals surface area contributed by atoms with Crippen LogP contribution in [0.4, 0.5) is 0 Å². The highest BCUT2D eigenvalue weighted by molar-refractivity contribution is 5.76. The van der Waals surface area contributed by atoms with E-state index in [0.717, 1.165) is 12.8 Å². The molecule has 0 bridgehead atoms. The van der Waals surface area contributed by atoms with Gasteiger partial charge in [-0.15, -0.1) is 0 Å². The van der Waals surface area contributed by atoms with Crippen molar-refractivity contribution in [2.75, 3.05) is 13.2 Å². The fourth-order valence-corrected chi connectivity index (χ4v) is 0.613. The summed E-state index contributed by atoms with van der Waals surface area (Å²) in [7, 11) is 0. The van der Waals surface area contributed by atoms with E-state index in [-0.39, 0.29) is 19.0 Å². The van der Waals surface area contributed by atoms with Gasteiger partial charge in [-0.25, -0.2) is 4.79 Å². The maximum Gasteiger partial charge on any atom is 0.344 e. The van der Waals surface area contributed by atoms with Crippen molar-refractivity contribution in [1.82, 2.24) is 0 Å². The molecule has 0 N–H and O–H groups in total. The number of unbranched alkanes of at least 4 members (excludes halogenated alkanes) is 1.